The zero-order valence-corrected chi connectivity index (χ0v) is 12.1. The SMILES string of the molecule is CC(C(=O)O)N(C)C(=O)Cn1ccc2cc([N+](=O)[O-])ccc21. The first-order chi connectivity index (χ1) is 10.3. The Morgan fingerprint density at radius 3 is 2.68 bits per heavy atom. The summed E-state index contributed by atoms with van der Waals surface area (Å²) < 4.78 is 1.63. The molecule has 1 atom stereocenters. The van der Waals surface area contributed by atoms with Gasteiger partial charge in [-0.05, 0) is 19.1 Å². The molecule has 2 rings (SSSR count). The summed E-state index contributed by atoms with van der Waals surface area (Å²) in [5.74, 6) is -1.44. The van der Waals surface area contributed by atoms with Crippen molar-refractivity contribution >= 4 is 28.5 Å². The zero-order valence-electron chi connectivity index (χ0n) is 12.1. The quantitative estimate of drug-likeness (QED) is 0.665. The van der Waals surface area contributed by atoms with E-state index in [1.54, 1.807) is 22.9 Å². The number of hydrogen-bond donors (Lipinski definition) is 1. The van der Waals surface area contributed by atoms with Gasteiger partial charge in [0, 0.05) is 36.3 Å². The third kappa shape index (κ3) is 2.90. The molecule has 0 aliphatic heterocycles. The predicted molar refractivity (Wildman–Crippen MR) is 78.5 cm³/mol. The van der Waals surface area contributed by atoms with Crippen LogP contribution in [-0.4, -0.2) is 44.5 Å². The van der Waals surface area contributed by atoms with Crippen LogP contribution >= 0.6 is 0 Å². The molecule has 22 heavy (non-hydrogen) atoms. The lowest BCUT2D eigenvalue weighted by Gasteiger charge is -2.21. The van der Waals surface area contributed by atoms with Crippen LogP contribution in [0.2, 0.25) is 0 Å². The molecule has 116 valence electrons. The van der Waals surface area contributed by atoms with Crippen LogP contribution in [0.5, 0.6) is 0 Å². The number of benzene rings is 1. The standard InChI is InChI=1S/C14H15N3O5/c1-9(14(19)20)15(2)13(18)8-16-6-5-10-7-11(17(21)22)3-4-12(10)16/h3-7,9H,8H2,1-2H3,(H,19,20). The maximum Gasteiger partial charge on any atom is 0.326 e. The fraction of sp³-hybridized carbons (Fsp3) is 0.286. The molecule has 0 fully saturated rings. The molecule has 1 N–H and O–H groups in total. The van der Waals surface area contributed by atoms with E-state index in [-0.39, 0.29) is 18.1 Å². The topological polar surface area (TPSA) is 106 Å². The second kappa shape index (κ2) is 5.84. The van der Waals surface area contributed by atoms with Crippen LogP contribution in [-0.2, 0) is 16.1 Å². The van der Waals surface area contributed by atoms with Crippen LogP contribution in [0.1, 0.15) is 6.92 Å². The summed E-state index contributed by atoms with van der Waals surface area (Å²) in [5, 5.41) is 20.3. The number of aromatic nitrogens is 1. The van der Waals surface area contributed by atoms with E-state index < -0.39 is 16.9 Å². The van der Waals surface area contributed by atoms with Crippen molar-refractivity contribution in [2.75, 3.05) is 7.05 Å². The Balaban J connectivity index is 2.23. The number of fused-ring (bicyclic) bond motifs is 1. The summed E-state index contributed by atoms with van der Waals surface area (Å²) in [6.45, 7) is 1.40. The number of aliphatic carboxylic acids is 1. The van der Waals surface area contributed by atoms with Crippen LogP contribution < -0.4 is 0 Å². The molecule has 1 amide bonds. The van der Waals surface area contributed by atoms with E-state index in [0.29, 0.717) is 10.9 Å². The van der Waals surface area contributed by atoms with Gasteiger partial charge in [0.2, 0.25) is 5.91 Å². The van der Waals surface area contributed by atoms with Crippen LogP contribution in [0.4, 0.5) is 5.69 Å². The molecular formula is C14H15N3O5. The molecule has 1 aromatic carbocycles. The van der Waals surface area contributed by atoms with Crippen LogP contribution in [0, 0.1) is 10.1 Å². The molecule has 0 aliphatic carbocycles. The maximum absolute atomic E-state index is 12.1. The lowest BCUT2D eigenvalue weighted by Crippen LogP contribution is -2.41. The molecule has 0 radical (unpaired) electrons. The molecule has 0 saturated heterocycles. The normalized spacial score (nSPS) is 12.1. The first kappa shape index (κ1) is 15.5. The van der Waals surface area contributed by atoms with Gasteiger partial charge in [-0.25, -0.2) is 4.79 Å². The van der Waals surface area contributed by atoms with Crippen molar-refractivity contribution in [2.45, 2.75) is 19.5 Å². The molecule has 1 heterocycles. The van der Waals surface area contributed by atoms with Crippen LogP contribution in [0.15, 0.2) is 30.5 Å². The van der Waals surface area contributed by atoms with Crippen molar-refractivity contribution in [3.8, 4) is 0 Å². The number of non-ortho nitro benzene ring substituents is 1. The largest absolute Gasteiger partial charge is 0.480 e. The molecule has 1 unspecified atom stereocenters. The maximum atomic E-state index is 12.1. The predicted octanol–water partition coefficient (Wildman–Crippen LogP) is 1.48. The second-order valence-corrected chi connectivity index (χ2v) is 4.96. The number of carbonyl (C=O) groups excluding carboxylic acids is 1. The number of rotatable bonds is 5. The molecule has 0 aliphatic rings. The van der Waals surface area contributed by atoms with E-state index in [1.807, 2.05) is 0 Å². The highest BCUT2D eigenvalue weighted by Gasteiger charge is 2.22. The summed E-state index contributed by atoms with van der Waals surface area (Å²) in [4.78, 5) is 34.4. The van der Waals surface area contributed by atoms with Gasteiger partial charge in [0.05, 0.1) is 4.92 Å². The number of nitrogens with zero attached hydrogens (tertiary/aromatic N) is 3. The molecule has 0 saturated carbocycles. The third-order valence-electron chi connectivity index (χ3n) is 3.60. The van der Waals surface area contributed by atoms with Gasteiger partial charge in [-0.15, -0.1) is 0 Å². The Labute approximate surface area is 125 Å². The molecule has 8 heteroatoms. The average Bonchev–Trinajstić information content (AvgIpc) is 2.87. The van der Waals surface area contributed by atoms with Crippen LogP contribution in [0.25, 0.3) is 10.9 Å². The Morgan fingerprint density at radius 1 is 1.41 bits per heavy atom. The molecule has 8 nitrogen and oxygen atoms in total. The highest BCUT2D eigenvalue weighted by Crippen LogP contribution is 2.22. The Bertz CT molecular complexity index is 752. The fourth-order valence-corrected chi connectivity index (χ4v) is 2.08. The van der Waals surface area contributed by atoms with Crippen molar-refractivity contribution in [1.82, 2.24) is 9.47 Å². The first-order valence-corrected chi connectivity index (χ1v) is 6.53. The number of amides is 1. The van der Waals surface area contributed by atoms with Gasteiger partial charge in [-0.1, -0.05) is 0 Å². The van der Waals surface area contributed by atoms with Crippen molar-refractivity contribution in [3.63, 3.8) is 0 Å². The monoisotopic (exact) mass is 305 g/mol. The van der Waals surface area contributed by atoms with Crippen LogP contribution in [0.3, 0.4) is 0 Å². The van der Waals surface area contributed by atoms with E-state index in [1.165, 1.54) is 26.1 Å². The summed E-state index contributed by atoms with van der Waals surface area (Å²) in [6.07, 6.45) is 1.64. The minimum absolute atomic E-state index is 0.0202. The van der Waals surface area contributed by atoms with E-state index in [9.17, 15) is 19.7 Å². The zero-order chi connectivity index (χ0) is 16.4. The van der Waals surface area contributed by atoms with Gasteiger partial charge >= 0.3 is 5.97 Å². The third-order valence-corrected chi connectivity index (χ3v) is 3.60. The van der Waals surface area contributed by atoms with Crippen molar-refractivity contribution in [2.24, 2.45) is 0 Å². The number of likely N-dealkylation sites (N-methyl/N-ethyl adjacent to an activating group) is 1. The summed E-state index contributed by atoms with van der Waals surface area (Å²) in [5.41, 5.74) is 0.656. The molecule has 0 bridgehead atoms. The Hall–Kier alpha value is -2.90. The van der Waals surface area contributed by atoms with Gasteiger partial charge in [0.25, 0.3) is 5.69 Å². The molecule has 1 aromatic heterocycles. The van der Waals surface area contributed by atoms with E-state index in [0.717, 1.165) is 4.90 Å². The molecular weight excluding hydrogens is 290 g/mol. The van der Waals surface area contributed by atoms with Gasteiger partial charge < -0.3 is 14.6 Å². The number of carboxylic acids is 1. The lowest BCUT2D eigenvalue weighted by atomic mass is 10.2. The van der Waals surface area contributed by atoms with Gasteiger partial charge in [0.1, 0.15) is 12.6 Å². The van der Waals surface area contributed by atoms with Gasteiger partial charge in [-0.2, -0.15) is 0 Å². The first-order valence-electron chi connectivity index (χ1n) is 6.53. The average molecular weight is 305 g/mol. The highest BCUT2D eigenvalue weighted by molar-refractivity contribution is 5.86. The van der Waals surface area contributed by atoms with Crippen molar-refractivity contribution < 1.29 is 19.6 Å². The van der Waals surface area contributed by atoms with E-state index >= 15 is 0 Å². The number of nitro groups is 1. The second-order valence-electron chi connectivity index (χ2n) is 4.96. The summed E-state index contributed by atoms with van der Waals surface area (Å²) in [6, 6.07) is 5.13. The fourth-order valence-electron chi connectivity index (χ4n) is 2.08. The van der Waals surface area contributed by atoms with Crippen molar-refractivity contribution in [3.05, 3.63) is 40.6 Å². The Morgan fingerprint density at radius 2 is 2.09 bits per heavy atom. The highest BCUT2D eigenvalue weighted by atomic mass is 16.6. The summed E-state index contributed by atoms with van der Waals surface area (Å²) >= 11 is 0. The number of carbonyl (C=O) groups is 2. The summed E-state index contributed by atoms with van der Waals surface area (Å²) in [7, 11) is 1.43. The van der Waals surface area contributed by atoms with Gasteiger partial charge in [-0.3, -0.25) is 14.9 Å². The molecule has 2 aromatic rings. The molecule has 0 spiro atoms. The number of carboxylic acid groups (broad SMARTS) is 1. The van der Waals surface area contributed by atoms with E-state index in [4.69, 9.17) is 5.11 Å². The van der Waals surface area contributed by atoms with Gasteiger partial charge in [0.15, 0.2) is 0 Å². The minimum Gasteiger partial charge on any atom is -0.480 e. The number of nitro benzene ring substituents is 1. The minimum atomic E-state index is -1.08. The van der Waals surface area contributed by atoms with Crippen molar-refractivity contribution in [1.29, 1.82) is 0 Å². The Kier molecular flexibility index (Phi) is 4.11. The van der Waals surface area contributed by atoms with E-state index in [2.05, 4.69) is 0 Å². The smallest absolute Gasteiger partial charge is 0.326 e. The lowest BCUT2D eigenvalue weighted by molar-refractivity contribution is -0.384. The number of hydrogen-bond acceptors (Lipinski definition) is 4.